The number of thioether (sulfide) groups is 1. The van der Waals surface area contributed by atoms with Gasteiger partial charge < -0.3 is 15.2 Å². The largest absolute Gasteiger partial charge is 0.357 e. The minimum Gasteiger partial charge on any atom is -0.357 e. The molecule has 0 saturated heterocycles. The molecule has 0 spiro atoms. The normalized spacial score (nSPS) is 15.7. The van der Waals surface area contributed by atoms with Gasteiger partial charge >= 0.3 is 0 Å². The number of halogens is 1. The van der Waals surface area contributed by atoms with Gasteiger partial charge in [-0.3, -0.25) is 4.99 Å². The molecule has 29 heavy (non-hydrogen) atoms. The quantitative estimate of drug-likeness (QED) is 0.291. The van der Waals surface area contributed by atoms with E-state index in [9.17, 15) is 0 Å². The van der Waals surface area contributed by atoms with Gasteiger partial charge in [-0.25, -0.2) is 0 Å². The van der Waals surface area contributed by atoms with Gasteiger partial charge in [0.25, 0.3) is 0 Å². The van der Waals surface area contributed by atoms with Crippen LogP contribution in [-0.4, -0.2) is 45.1 Å². The zero-order chi connectivity index (χ0) is 19.7. The molecule has 1 aliphatic rings. The van der Waals surface area contributed by atoms with Gasteiger partial charge in [0.1, 0.15) is 12.2 Å². The number of hydrogen-bond donors (Lipinski definition) is 2. The highest BCUT2D eigenvalue weighted by molar-refractivity contribution is 14.0. The molecular weight excluding hydrogens is 495 g/mol. The van der Waals surface area contributed by atoms with E-state index in [0.717, 1.165) is 44.4 Å². The fraction of sp³-hybridized carbons (Fsp3) is 0.571. The molecule has 0 amide bonds. The van der Waals surface area contributed by atoms with E-state index in [1.807, 2.05) is 11.8 Å². The van der Waals surface area contributed by atoms with E-state index in [0.29, 0.717) is 0 Å². The third-order valence-electron chi connectivity index (χ3n) is 5.12. The molecule has 0 bridgehead atoms. The van der Waals surface area contributed by atoms with Gasteiger partial charge in [-0.15, -0.1) is 45.9 Å². The molecule has 160 valence electrons. The summed E-state index contributed by atoms with van der Waals surface area (Å²) in [4.78, 5) is 6.30. The average molecular weight is 529 g/mol. The Hall–Kier alpha value is -1.29. The van der Waals surface area contributed by atoms with Crippen LogP contribution in [0.4, 0.5) is 0 Å². The number of aliphatic imine (C=N–C) groups is 1. The molecule has 0 aliphatic heterocycles. The predicted octanol–water partition coefficient (Wildman–Crippen LogP) is 4.12. The van der Waals surface area contributed by atoms with Crippen molar-refractivity contribution in [3.63, 3.8) is 0 Å². The monoisotopic (exact) mass is 528 g/mol. The van der Waals surface area contributed by atoms with Crippen molar-refractivity contribution >= 4 is 41.7 Å². The average Bonchev–Trinajstić information content (AvgIpc) is 3.36. The first-order chi connectivity index (χ1) is 13.7. The maximum Gasteiger partial charge on any atom is 0.191 e. The second-order valence-corrected chi connectivity index (χ2v) is 8.76. The molecule has 1 aliphatic carbocycles. The fourth-order valence-corrected chi connectivity index (χ4v) is 5.06. The van der Waals surface area contributed by atoms with Gasteiger partial charge in [0.05, 0.1) is 6.54 Å². The van der Waals surface area contributed by atoms with Crippen molar-refractivity contribution < 1.29 is 0 Å². The number of benzene rings is 1. The smallest absolute Gasteiger partial charge is 0.191 e. The van der Waals surface area contributed by atoms with Crippen LogP contribution in [0.2, 0.25) is 0 Å². The number of aryl methyl sites for hydroxylation is 1. The molecule has 2 N–H and O–H groups in total. The maximum atomic E-state index is 4.96. The topological polar surface area (TPSA) is 67.1 Å². The van der Waals surface area contributed by atoms with Gasteiger partial charge in [-0.2, -0.15) is 0 Å². The fourth-order valence-electron chi connectivity index (χ4n) is 3.65. The summed E-state index contributed by atoms with van der Waals surface area (Å²) in [5.74, 6) is 1.92. The van der Waals surface area contributed by atoms with E-state index in [1.54, 1.807) is 6.33 Å². The summed E-state index contributed by atoms with van der Waals surface area (Å²) in [7, 11) is 0. The first-order valence-electron chi connectivity index (χ1n) is 10.4. The lowest BCUT2D eigenvalue weighted by Gasteiger charge is -2.27. The Labute approximate surface area is 195 Å². The molecule has 8 heteroatoms. The van der Waals surface area contributed by atoms with Crippen LogP contribution in [0.15, 0.2) is 46.5 Å². The lowest BCUT2D eigenvalue weighted by Crippen LogP contribution is -2.40. The van der Waals surface area contributed by atoms with Crippen molar-refractivity contribution in [1.82, 2.24) is 25.4 Å². The van der Waals surface area contributed by atoms with Crippen molar-refractivity contribution in [3.8, 4) is 0 Å². The molecule has 0 radical (unpaired) electrons. The summed E-state index contributed by atoms with van der Waals surface area (Å²) in [6.45, 7) is 7.55. The van der Waals surface area contributed by atoms with Crippen molar-refractivity contribution in [2.45, 2.75) is 62.1 Å². The second kappa shape index (κ2) is 12.4. The van der Waals surface area contributed by atoms with Crippen LogP contribution in [0.1, 0.15) is 45.4 Å². The van der Waals surface area contributed by atoms with Gasteiger partial charge in [-0.1, -0.05) is 38.0 Å². The van der Waals surface area contributed by atoms with E-state index >= 15 is 0 Å². The summed E-state index contributed by atoms with van der Waals surface area (Å²) in [6, 6.07) is 10.7. The summed E-state index contributed by atoms with van der Waals surface area (Å²) in [5, 5.41) is 15.0. The van der Waals surface area contributed by atoms with Crippen molar-refractivity contribution in [1.29, 1.82) is 0 Å². The molecule has 6 nitrogen and oxygen atoms in total. The Bertz CT molecular complexity index is 743. The van der Waals surface area contributed by atoms with Crippen LogP contribution < -0.4 is 10.6 Å². The third kappa shape index (κ3) is 7.16. The van der Waals surface area contributed by atoms with Crippen molar-refractivity contribution in [3.05, 3.63) is 42.5 Å². The van der Waals surface area contributed by atoms with Crippen LogP contribution in [0, 0.1) is 0 Å². The van der Waals surface area contributed by atoms with E-state index in [-0.39, 0.29) is 28.7 Å². The number of nitrogens with one attached hydrogen (secondary N) is 2. The number of hydrogen-bond acceptors (Lipinski definition) is 4. The molecule has 3 rings (SSSR count). The minimum atomic E-state index is 0. The Morgan fingerprint density at radius 2 is 1.93 bits per heavy atom. The van der Waals surface area contributed by atoms with Crippen molar-refractivity contribution in [2.24, 2.45) is 4.99 Å². The summed E-state index contributed by atoms with van der Waals surface area (Å²) in [5.41, 5.74) is 0. The number of nitrogens with zero attached hydrogens (tertiary/aromatic N) is 4. The Kier molecular flexibility index (Phi) is 10.3. The molecule has 0 unspecified atom stereocenters. The molecule has 1 fully saturated rings. The lowest BCUT2D eigenvalue weighted by molar-refractivity contribution is 0.607. The minimum absolute atomic E-state index is 0. The first-order valence-corrected chi connectivity index (χ1v) is 11.2. The maximum absolute atomic E-state index is 4.96. The van der Waals surface area contributed by atoms with Crippen molar-refractivity contribution in [2.75, 3.05) is 19.6 Å². The SMILES string of the molecule is CCNC(=NCC1(Sc2ccccc2)CCCC1)NCCn1cnnc1CC.I. The molecular formula is C21H33IN6S. The van der Waals surface area contributed by atoms with Gasteiger partial charge in [-0.05, 0) is 31.9 Å². The van der Waals surface area contributed by atoms with E-state index in [4.69, 9.17) is 4.99 Å². The van der Waals surface area contributed by atoms with Crippen LogP contribution in [-0.2, 0) is 13.0 Å². The highest BCUT2D eigenvalue weighted by Crippen LogP contribution is 2.45. The summed E-state index contributed by atoms with van der Waals surface area (Å²) < 4.78 is 2.31. The van der Waals surface area contributed by atoms with Crippen LogP contribution in [0.25, 0.3) is 0 Å². The summed E-state index contributed by atoms with van der Waals surface area (Å²) >= 11 is 2.00. The highest BCUT2D eigenvalue weighted by atomic mass is 127. The van der Waals surface area contributed by atoms with Gasteiger partial charge in [0.2, 0.25) is 0 Å². The number of aromatic nitrogens is 3. The molecule has 1 heterocycles. The van der Waals surface area contributed by atoms with Crippen LogP contribution in [0.3, 0.4) is 0 Å². The lowest BCUT2D eigenvalue weighted by atomic mass is 10.1. The molecule has 2 aromatic rings. The zero-order valence-corrected chi connectivity index (χ0v) is 20.6. The molecule has 1 aromatic heterocycles. The van der Waals surface area contributed by atoms with Crippen LogP contribution >= 0.6 is 35.7 Å². The van der Waals surface area contributed by atoms with E-state index < -0.39 is 0 Å². The van der Waals surface area contributed by atoms with Crippen LogP contribution in [0.5, 0.6) is 0 Å². The molecule has 1 aromatic carbocycles. The standard InChI is InChI=1S/C21H32N6S.HI/c1-3-19-26-25-17-27(19)15-14-23-20(22-4-2)24-16-21(12-8-9-13-21)28-18-10-6-5-7-11-18;/h5-7,10-11,17H,3-4,8-9,12-16H2,1-2H3,(H2,22,23,24);1H. The van der Waals surface area contributed by atoms with Gasteiger partial charge in [0.15, 0.2) is 5.96 Å². The Morgan fingerprint density at radius 1 is 1.17 bits per heavy atom. The number of rotatable bonds is 9. The Balaban J connectivity index is 0.00000300. The summed E-state index contributed by atoms with van der Waals surface area (Å²) in [6.07, 6.45) is 7.76. The number of guanidine groups is 1. The molecule has 1 saturated carbocycles. The molecule has 0 atom stereocenters. The first kappa shape index (κ1) is 24.0. The Morgan fingerprint density at radius 3 is 2.62 bits per heavy atom. The van der Waals surface area contributed by atoms with E-state index in [1.165, 1.54) is 30.6 Å². The predicted molar refractivity (Wildman–Crippen MR) is 132 cm³/mol. The second-order valence-electron chi connectivity index (χ2n) is 7.22. The van der Waals surface area contributed by atoms with E-state index in [2.05, 4.69) is 69.6 Å². The highest BCUT2D eigenvalue weighted by Gasteiger charge is 2.35. The zero-order valence-electron chi connectivity index (χ0n) is 17.4. The van der Waals surface area contributed by atoms with Gasteiger partial charge in [0, 0.05) is 35.7 Å². The third-order valence-corrected chi connectivity index (χ3v) is 6.60.